The van der Waals surface area contributed by atoms with E-state index in [0.29, 0.717) is 0 Å². The zero-order valence-electron chi connectivity index (χ0n) is 29.5. The van der Waals surface area contributed by atoms with Gasteiger partial charge in [-0.05, 0) is 132 Å². The van der Waals surface area contributed by atoms with Crippen molar-refractivity contribution in [3.8, 4) is 44.5 Å². The molecule has 0 saturated carbocycles. The summed E-state index contributed by atoms with van der Waals surface area (Å²) in [6.07, 6.45) is 0. The minimum absolute atomic E-state index is 1.22. The fraction of sp³-hybridized carbons (Fsp3) is 0. The van der Waals surface area contributed by atoms with Crippen molar-refractivity contribution in [3.05, 3.63) is 194 Å². The van der Waals surface area contributed by atoms with Crippen molar-refractivity contribution in [1.29, 1.82) is 0 Å². The van der Waals surface area contributed by atoms with Crippen LogP contribution in [0.1, 0.15) is 0 Å². The molecule has 0 unspecified atom stereocenters. The maximum atomic E-state index is 2.45. The fourth-order valence-corrected chi connectivity index (χ4v) is 9.54. The highest BCUT2D eigenvalue weighted by atomic mass is 14.2. The van der Waals surface area contributed by atoms with Gasteiger partial charge in [0, 0.05) is 0 Å². The van der Waals surface area contributed by atoms with Gasteiger partial charge in [0.1, 0.15) is 0 Å². The average Bonchev–Trinajstić information content (AvgIpc) is 3.24. The minimum atomic E-state index is 1.22. The van der Waals surface area contributed by atoms with Gasteiger partial charge >= 0.3 is 0 Å². The van der Waals surface area contributed by atoms with E-state index in [2.05, 4.69) is 194 Å². The Kier molecular flexibility index (Phi) is 6.15. The Labute approximate surface area is 312 Å². The molecule has 0 amide bonds. The molecule has 0 spiro atoms. The van der Waals surface area contributed by atoms with Crippen LogP contribution >= 0.6 is 0 Å². The zero-order chi connectivity index (χ0) is 35.3. The SMILES string of the molecule is c1ccc(-c2cc(-c3cccc(-c4ccc5ccc6cccc7ccc4c5c67)c3)c3ccccc3c2-c2ccc3ccc4cccc5ccc2c3c45)cc1. The molecule has 12 aromatic carbocycles. The lowest BCUT2D eigenvalue weighted by Crippen LogP contribution is -1.94. The molecule has 0 aromatic heterocycles. The molecule has 0 bridgehead atoms. The molecule has 0 saturated heterocycles. The lowest BCUT2D eigenvalue weighted by Gasteiger charge is -2.21. The first-order chi connectivity index (χ1) is 26.8. The van der Waals surface area contributed by atoms with E-state index in [1.54, 1.807) is 0 Å². The van der Waals surface area contributed by atoms with E-state index in [4.69, 9.17) is 0 Å². The fourth-order valence-electron chi connectivity index (χ4n) is 9.54. The van der Waals surface area contributed by atoms with Crippen LogP contribution in [0.5, 0.6) is 0 Å². The van der Waals surface area contributed by atoms with Crippen molar-refractivity contribution in [1.82, 2.24) is 0 Å². The van der Waals surface area contributed by atoms with E-state index in [1.807, 2.05) is 0 Å². The van der Waals surface area contributed by atoms with Gasteiger partial charge < -0.3 is 0 Å². The number of benzene rings is 12. The second-order valence-corrected chi connectivity index (χ2v) is 14.8. The Balaban J connectivity index is 1.12. The van der Waals surface area contributed by atoms with Crippen LogP contribution in [0.25, 0.3) is 120 Å². The highest BCUT2D eigenvalue weighted by Crippen LogP contribution is 2.48. The lowest BCUT2D eigenvalue weighted by atomic mass is 9.82. The molecule has 0 fully saturated rings. The summed E-state index contributed by atoms with van der Waals surface area (Å²) in [6.45, 7) is 0. The van der Waals surface area contributed by atoms with Crippen LogP contribution in [-0.2, 0) is 0 Å². The first-order valence-corrected chi connectivity index (χ1v) is 18.8. The number of hydrogen-bond acceptors (Lipinski definition) is 0. The summed E-state index contributed by atoms with van der Waals surface area (Å²) in [5.41, 5.74) is 9.96. The van der Waals surface area contributed by atoms with Crippen LogP contribution in [0, 0.1) is 0 Å². The maximum Gasteiger partial charge on any atom is -0.00201 e. The molecule has 0 radical (unpaired) electrons. The summed E-state index contributed by atoms with van der Waals surface area (Å²) in [5, 5.41) is 18.2. The standard InChI is InChI=1S/C54H32/c1-2-9-33(10-3-1)49-32-48(41-16-8-15-40(31-41)42-27-23-38-21-19-34-11-6-13-36-24-28-45(42)52(38)50(34)36)43-17-4-5-18-44(43)54(49)47-30-26-39-22-20-35-12-7-14-37-25-29-46(47)53(39)51(35)37/h1-32H. The summed E-state index contributed by atoms with van der Waals surface area (Å²) in [7, 11) is 0. The molecule has 0 aliphatic rings. The Morgan fingerprint density at radius 3 is 1.28 bits per heavy atom. The lowest BCUT2D eigenvalue weighted by molar-refractivity contribution is 1.60. The van der Waals surface area contributed by atoms with Crippen LogP contribution in [0.3, 0.4) is 0 Å². The molecular weight excluding hydrogens is 649 g/mol. The molecule has 0 aliphatic heterocycles. The Morgan fingerprint density at radius 2 is 0.648 bits per heavy atom. The average molecular weight is 681 g/mol. The van der Waals surface area contributed by atoms with E-state index in [0.717, 1.165) is 0 Å². The van der Waals surface area contributed by atoms with Crippen molar-refractivity contribution < 1.29 is 0 Å². The summed E-state index contributed by atoms with van der Waals surface area (Å²) < 4.78 is 0. The topological polar surface area (TPSA) is 0 Å². The van der Waals surface area contributed by atoms with Gasteiger partial charge in [-0.2, -0.15) is 0 Å². The predicted molar refractivity (Wildman–Crippen MR) is 233 cm³/mol. The van der Waals surface area contributed by atoms with E-state index in [-0.39, 0.29) is 0 Å². The summed E-state index contributed by atoms with van der Waals surface area (Å²) in [6, 6.07) is 72.5. The van der Waals surface area contributed by atoms with Gasteiger partial charge in [-0.25, -0.2) is 0 Å². The summed E-state index contributed by atoms with van der Waals surface area (Å²) in [5.74, 6) is 0. The first-order valence-electron chi connectivity index (χ1n) is 18.8. The minimum Gasteiger partial charge on any atom is -0.0622 e. The van der Waals surface area contributed by atoms with Crippen LogP contribution in [-0.4, -0.2) is 0 Å². The van der Waals surface area contributed by atoms with Gasteiger partial charge in [-0.1, -0.05) is 182 Å². The monoisotopic (exact) mass is 680 g/mol. The predicted octanol–water partition coefficient (Wildman–Crippen LogP) is 15.3. The second kappa shape index (κ2) is 11.2. The van der Waals surface area contributed by atoms with Crippen LogP contribution in [0.4, 0.5) is 0 Å². The molecule has 0 N–H and O–H groups in total. The quantitative estimate of drug-likeness (QED) is 0.162. The van der Waals surface area contributed by atoms with Gasteiger partial charge in [0.05, 0.1) is 0 Å². The van der Waals surface area contributed by atoms with Gasteiger partial charge in [-0.15, -0.1) is 0 Å². The van der Waals surface area contributed by atoms with Crippen LogP contribution in [0.15, 0.2) is 194 Å². The molecule has 0 aliphatic carbocycles. The van der Waals surface area contributed by atoms with Gasteiger partial charge in [0.25, 0.3) is 0 Å². The van der Waals surface area contributed by atoms with Gasteiger partial charge in [0.2, 0.25) is 0 Å². The molecule has 248 valence electrons. The van der Waals surface area contributed by atoms with Gasteiger partial charge in [-0.3, -0.25) is 0 Å². The Morgan fingerprint density at radius 1 is 0.204 bits per heavy atom. The molecule has 54 heavy (non-hydrogen) atoms. The Hall–Kier alpha value is -7.02. The van der Waals surface area contributed by atoms with E-state index >= 15 is 0 Å². The van der Waals surface area contributed by atoms with E-state index < -0.39 is 0 Å². The normalized spacial score (nSPS) is 12.1. The molecule has 0 heterocycles. The molecule has 0 nitrogen and oxygen atoms in total. The first kappa shape index (κ1) is 29.5. The van der Waals surface area contributed by atoms with E-state index in [9.17, 15) is 0 Å². The molecule has 0 atom stereocenters. The molecule has 12 aromatic rings. The Bertz CT molecular complexity index is 3390. The van der Waals surface area contributed by atoms with Crippen LogP contribution < -0.4 is 0 Å². The molecular formula is C54H32. The number of hydrogen-bond donors (Lipinski definition) is 0. The largest absolute Gasteiger partial charge is 0.0622 e. The highest BCUT2D eigenvalue weighted by Gasteiger charge is 2.20. The van der Waals surface area contributed by atoms with Gasteiger partial charge in [0.15, 0.2) is 0 Å². The summed E-state index contributed by atoms with van der Waals surface area (Å²) in [4.78, 5) is 0. The second-order valence-electron chi connectivity index (χ2n) is 14.8. The smallest absolute Gasteiger partial charge is 0.00201 e. The number of rotatable bonds is 4. The number of fused-ring (bicyclic) bond motifs is 1. The molecule has 12 rings (SSSR count). The highest BCUT2D eigenvalue weighted by molar-refractivity contribution is 6.28. The van der Waals surface area contributed by atoms with Crippen molar-refractivity contribution in [3.63, 3.8) is 0 Å². The van der Waals surface area contributed by atoms with E-state index in [1.165, 1.54) is 120 Å². The third kappa shape index (κ3) is 4.20. The third-order valence-electron chi connectivity index (χ3n) is 11.9. The molecule has 0 heteroatoms. The van der Waals surface area contributed by atoms with Crippen molar-refractivity contribution in [2.45, 2.75) is 0 Å². The van der Waals surface area contributed by atoms with Crippen molar-refractivity contribution >= 4 is 75.4 Å². The maximum absolute atomic E-state index is 2.45. The van der Waals surface area contributed by atoms with Crippen LogP contribution in [0.2, 0.25) is 0 Å². The summed E-state index contributed by atoms with van der Waals surface area (Å²) >= 11 is 0. The van der Waals surface area contributed by atoms with Crippen molar-refractivity contribution in [2.24, 2.45) is 0 Å². The third-order valence-corrected chi connectivity index (χ3v) is 11.9. The van der Waals surface area contributed by atoms with Crippen molar-refractivity contribution in [2.75, 3.05) is 0 Å². The zero-order valence-corrected chi connectivity index (χ0v) is 29.5.